The number of hydrogen-bond acceptors (Lipinski definition) is 2. The molecule has 0 aliphatic heterocycles. The standard InChI is InChI=1S/C19H28N2O2/c1-18(2,3)17(23)20-13-7-10-16(22)21-14-19(11-12-19)15-8-5-4-6-9-15/h4-6,8-9H,7,10-14H2,1-3H3,(H,20,23)(H,21,22). The van der Waals surface area contributed by atoms with Crippen molar-refractivity contribution in [2.45, 2.75) is 51.9 Å². The van der Waals surface area contributed by atoms with E-state index in [2.05, 4.69) is 34.9 Å². The van der Waals surface area contributed by atoms with E-state index in [-0.39, 0.29) is 22.6 Å². The minimum absolute atomic E-state index is 0.0268. The van der Waals surface area contributed by atoms with Crippen molar-refractivity contribution in [2.24, 2.45) is 5.41 Å². The second-order valence-corrected chi connectivity index (χ2v) is 7.53. The number of amides is 2. The fourth-order valence-corrected chi connectivity index (χ4v) is 2.58. The maximum atomic E-state index is 12.0. The maximum absolute atomic E-state index is 12.0. The van der Waals surface area contributed by atoms with E-state index >= 15 is 0 Å². The molecule has 23 heavy (non-hydrogen) atoms. The van der Waals surface area contributed by atoms with Crippen LogP contribution in [0.15, 0.2) is 30.3 Å². The summed E-state index contributed by atoms with van der Waals surface area (Å²) in [6.07, 6.45) is 3.40. The van der Waals surface area contributed by atoms with Crippen molar-refractivity contribution in [1.82, 2.24) is 10.6 Å². The fraction of sp³-hybridized carbons (Fsp3) is 0.579. The third-order valence-electron chi connectivity index (χ3n) is 4.41. The van der Waals surface area contributed by atoms with Gasteiger partial charge in [-0.05, 0) is 24.8 Å². The molecule has 1 saturated carbocycles. The third-order valence-corrected chi connectivity index (χ3v) is 4.41. The number of benzene rings is 1. The zero-order chi connectivity index (χ0) is 16.9. The minimum atomic E-state index is -0.379. The molecule has 0 spiro atoms. The number of nitrogens with one attached hydrogen (secondary N) is 2. The lowest BCUT2D eigenvalue weighted by Crippen LogP contribution is -2.36. The summed E-state index contributed by atoms with van der Waals surface area (Å²) in [6.45, 7) is 6.91. The van der Waals surface area contributed by atoms with Crippen LogP contribution in [-0.4, -0.2) is 24.9 Å². The molecule has 2 N–H and O–H groups in total. The summed E-state index contributed by atoms with van der Waals surface area (Å²) < 4.78 is 0. The molecule has 0 aromatic heterocycles. The van der Waals surface area contributed by atoms with Crippen molar-refractivity contribution in [3.05, 3.63) is 35.9 Å². The predicted octanol–water partition coefficient (Wildman–Crippen LogP) is 2.78. The van der Waals surface area contributed by atoms with Crippen molar-refractivity contribution < 1.29 is 9.59 Å². The van der Waals surface area contributed by atoms with Gasteiger partial charge in [-0.1, -0.05) is 51.1 Å². The van der Waals surface area contributed by atoms with Crippen LogP contribution in [0.3, 0.4) is 0 Å². The van der Waals surface area contributed by atoms with Crippen LogP contribution in [0.2, 0.25) is 0 Å². The van der Waals surface area contributed by atoms with Gasteiger partial charge in [-0.3, -0.25) is 9.59 Å². The van der Waals surface area contributed by atoms with E-state index < -0.39 is 0 Å². The highest BCUT2D eigenvalue weighted by atomic mass is 16.2. The second kappa shape index (κ2) is 7.16. The summed E-state index contributed by atoms with van der Waals surface area (Å²) in [6, 6.07) is 10.4. The Kier molecular flexibility index (Phi) is 5.45. The van der Waals surface area contributed by atoms with Gasteiger partial charge in [0.2, 0.25) is 11.8 Å². The molecule has 2 rings (SSSR count). The predicted molar refractivity (Wildman–Crippen MR) is 92.1 cm³/mol. The number of hydrogen-bond donors (Lipinski definition) is 2. The Bertz CT molecular complexity index is 542. The van der Waals surface area contributed by atoms with Crippen LogP contribution in [0.25, 0.3) is 0 Å². The summed E-state index contributed by atoms with van der Waals surface area (Å²) in [7, 11) is 0. The van der Waals surface area contributed by atoms with Crippen LogP contribution in [0, 0.1) is 5.41 Å². The van der Waals surface area contributed by atoms with Gasteiger partial charge in [0.15, 0.2) is 0 Å². The molecule has 4 nitrogen and oxygen atoms in total. The number of carbonyl (C=O) groups excluding carboxylic acids is 2. The molecule has 1 fully saturated rings. The Morgan fingerprint density at radius 1 is 1.09 bits per heavy atom. The van der Waals surface area contributed by atoms with Crippen LogP contribution in [0.4, 0.5) is 0 Å². The van der Waals surface area contributed by atoms with Gasteiger partial charge in [0.25, 0.3) is 0 Å². The molecule has 0 unspecified atom stereocenters. The molecule has 126 valence electrons. The highest BCUT2D eigenvalue weighted by molar-refractivity contribution is 5.81. The Hall–Kier alpha value is -1.84. The normalized spacial score (nSPS) is 15.8. The molecule has 0 atom stereocenters. The first-order valence-corrected chi connectivity index (χ1v) is 8.44. The van der Waals surface area contributed by atoms with Gasteiger partial charge in [-0.25, -0.2) is 0 Å². The van der Waals surface area contributed by atoms with E-state index in [0.717, 1.165) is 12.8 Å². The van der Waals surface area contributed by atoms with E-state index in [4.69, 9.17) is 0 Å². The quantitative estimate of drug-likeness (QED) is 0.760. The molecule has 4 heteroatoms. The molecule has 0 radical (unpaired) electrons. The Labute approximate surface area is 139 Å². The van der Waals surface area contributed by atoms with E-state index in [1.165, 1.54) is 5.56 Å². The van der Waals surface area contributed by atoms with Crippen molar-refractivity contribution in [3.8, 4) is 0 Å². The second-order valence-electron chi connectivity index (χ2n) is 7.53. The highest BCUT2D eigenvalue weighted by Crippen LogP contribution is 2.47. The lowest BCUT2D eigenvalue weighted by Gasteiger charge is -2.18. The zero-order valence-electron chi connectivity index (χ0n) is 14.4. The first-order valence-electron chi connectivity index (χ1n) is 8.44. The molecular weight excluding hydrogens is 288 g/mol. The molecule has 1 aromatic rings. The molecule has 0 saturated heterocycles. The van der Waals surface area contributed by atoms with Crippen molar-refractivity contribution >= 4 is 11.8 Å². The Balaban J connectivity index is 1.66. The van der Waals surface area contributed by atoms with E-state index in [1.54, 1.807) is 0 Å². The number of rotatable bonds is 7. The molecule has 1 aliphatic rings. The smallest absolute Gasteiger partial charge is 0.225 e. The average Bonchev–Trinajstić information content (AvgIpc) is 3.30. The van der Waals surface area contributed by atoms with E-state index in [9.17, 15) is 9.59 Å². The summed E-state index contributed by atoms with van der Waals surface area (Å²) in [5, 5.41) is 5.92. The first-order chi connectivity index (χ1) is 10.8. The van der Waals surface area contributed by atoms with Gasteiger partial charge in [-0.2, -0.15) is 0 Å². The molecule has 2 amide bonds. The summed E-state index contributed by atoms with van der Waals surface area (Å²) in [5.74, 6) is 0.0936. The Morgan fingerprint density at radius 2 is 1.74 bits per heavy atom. The summed E-state index contributed by atoms with van der Waals surface area (Å²) >= 11 is 0. The Morgan fingerprint density at radius 3 is 2.30 bits per heavy atom. The van der Waals surface area contributed by atoms with Gasteiger partial charge in [-0.15, -0.1) is 0 Å². The SMILES string of the molecule is CC(C)(C)C(=O)NCCCC(=O)NCC1(c2ccccc2)CC1. The monoisotopic (exact) mass is 316 g/mol. The number of carbonyl (C=O) groups is 2. The van der Waals surface area contributed by atoms with Crippen LogP contribution in [0.1, 0.15) is 52.0 Å². The average molecular weight is 316 g/mol. The molecule has 0 bridgehead atoms. The lowest BCUT2D eigenvalue weighted by atomic mass is 9.95. The topological polar surface area (TPSA) is 58.2 Å². The van der Waals surface area contributed by atoms with Crippen LogP contribution in [0.5, 0.6) is 0 Å². The van der Waals surface area contributed by atoms with Gasteiger partial charge in [0.1, 0.15) is 0 Å². The van der Waals surface area contributed by atoms with E-state index in [0.29, 0.717) is 25.9 Å². The molecule has 1 aliphatic carbocycles. The summed E-state index contributed by atoms with van der Waals surface area (Å²) in [5.41, 5.74) is 1.09. The van der Waals surface area contributed by atoms with Crippen molar-refractivity contribution in [2.75, 3.05) is 13.1 Å². The third kappa shape index (κ3) is 5.08. The van der Waals surface area contributed by atoms with Crippen LogP contribution >= 0.6 is 0 Å². The minimum Gasteiger partial charge on any atom is -0.356 e. The van der Waals surface area contributed by atoms with Gasteiger partial charge in [0, 0.05) is 30.3 Å². The van der Waals surface area contributed by atoms with Crippen molar-refractivity contribution in [3.63, 3.8) is 0 Å². The van der Waals surface area contributed by atoms with Crippen LogP contribution in [-0.2, 0) is 15.0 Å². The zero-order valence-corrected chi connectivity index (χ0v) is 14.4. The molecular formula is C19H28N2O2. The van der Waals surface area contributed by atoms with E-state index in [1.807, 2.05) is 26.8 Å². The van der Waals surface area contributed by atoms with Crippen molar-refractivity contribution in [1.29, 1.82) is 0 Å². The maximum Gasteiger partial charge on any atom is 0.225 e. The van der Waals surface area contributed by atoms with Gasteiger partial charge >= 0.3 is 0 Å². The molecule has 1 aromatic carbocycles. The first kappa shape index (κ1) is 17.5. The van der Waals surface area contributed by atoms with Gasteiger partial charge in [0.05, 0.1) is 0 Å². The molecule has 0 heterocycles. The largest absolute Gasteiger partial charge is 0.356 e. The van der Waals surface area contributed by atoms with Gasteiger partial charge < -0.3 is 10.6 Å². The fourth-order valence-electron chi connectivity index (χ4n) is 2.58. The summed E-state index contributed by atoms with van der Waals surface area (Å²) in [4.78, 5) is 23.7. The lowest BCUT2D eigenvalue weighted by molar-refractivity contribution is -0.128. The van der Waals surface area contributed by atoms with Crippen LogP contribution < -0.4 is 10.6 Å². The highest BCUT2D eigenvalue weighted by Gasteiger charge is 2.44.